The number of carbonyl (C=O) groups excluding carboxylic acids is 1. The summed E-state index contributed by atoms with van der Waals surface area (Å²) in [6.07, 6.45) is 3.97. The Hall–Kier alpha value is -0.640. The van der Waals surface area contributed by atoms with Gasteiger partial charge < -0.3 is 10.6 Å². The van der Waals surface area contributed by atoms with Gasteiger partial charge in [0, 0.05) is 12.6 Å². The van der Waals surface area contributed by atoms with E-state index in [1.165, 1.54) is 6.42 Å². The molecular formula is C14H24N2OS. The normalized spacial score (nSPS) is 40.2. The van der Waals surface area contributed by atoms with Crippen LogP contribution in [0, 0.1) is 17.3 Å². The van der Waals surface area contributed by atoms with E-state index >= 15 is 0 Å². The second-order valence-electron chi connectivity index (χ2n) is 6.32. The zero-order chi connectivity index (χ0) is 13.5. The van der Waals surface area contributed by atoms with E-state index in [1.54, 1.807) is 0 Å². The van der Waals surface area contributed by atoms with Crippen molar-refractivity contribution in [2.75, 3.05) is 6.54 Å². The van der Waals surface area contributed by atoms with E-state index in [2.05, 4.69) is 20.8 Å². The summed E-state index contributed by atoms with van der Waals surface area (Å²) < 4.78 is 0. The molecule has 0 radical (unpaired) electrons. The number of hydrogen-bond acceptors (Lipinski definition) is 2. The van der Waals surface area contributed by atoms with E-state index < -0.39 is 5.41 Å². The van der Waals surface area contributed by atoms with Crippen LogP contribution in [0.4, 0.5) is 0 Å². The molecule has 2 rings (SSSR count). The lowest BCUT2D eigenvalue weighted by Crippen LogP contribution is -2.60. The Morgan fingerprint density at radius 3 is 2.44 bits per heavy atom. The Kier molecular flexibility index (Phi) is 3.67. The van der Waals surface area contributed by atoms with Crippen LogP contribution >= 0.6 is 12.2 Å². The molecule has 18 heavy (non-hydrogen) atoms. The summed E-state index contributed by atoms with van der Waals surface area (Å²) in [5.74, 6) is 1.32. The number of rotatable bonds is 2. The first-order valence-corrected chi connectivity index (χ1v) is 7.40. The largest absolute Gasteiger partial charge is 0.392 e. The van der Waals surface area contributed by atoms with E-state index in [0.717, 1.165) is 25.8 Å². The maximum atomic E-state index is 12.8. The molecule has 4 heteroatoms. The summed E-state index contributed by atoms with van der Waals surface area (Å²) in [4.78, 5) is 15.2. The summed E-state index contributed by atoms with van der Waals surface area (Å²) in [5.41, 5.74) is 5.34. The number of nitrogens with zero attached hydrogens (tertiary/aromatic N) is 1. The standard InChI is InChI=1S/C14H24N2OS/c1-9-7-14(8-9,12(15)18)13(17)16-6-4-5-10(2)11(16)3/h9-11H,4-8H2,1-3H3,(H2,15,18). The molecule has 1 amide bonds. The highest BCUT2D eigenvalue weighted by Gasteiger charge is 2.53. The quantitative estimate of drug-likeness (QED) is 0.782. The molecule has 2 fully saturated rings. The van der Waals surface area contributed by atoms with Gasteiger partial charge in [0.05, 0.1) is 10.4 Å². The lowest BCUT2D eigenvalue weighted by atomic mass is 9.61. The maximum absolute atomic E-state index is 12.8. The second kappa shape index (κ2) is 4.80. The predicted molar refractivity (Wildman–Crippen MR) is 77.2 cm³/mol. The van der Waals surface area contributed by atoms with E-state index in [9.17, 15) is 4.79 Å². The Labute approximate surface area is 115 Å². The third-order valence-corrected chi connectivity index (χ3v) is 5.30. The third kappa shape index (κ3) is 2.04. The van der Waals surface area contributed by atoms with Crippen molar-refractivity contribution >= 4 is 23.1 Å². The molecule has 0 aromatic carbocycles. The molecule has 1 saturated carbocycles. The molecule has 0 aromatic rings. The number of amides is 1. The van der Waals surface area contributed by atoms with Crippen molar-refractivity contribution in [2.45, 2.75) is 52.5 Å². The summed E-state index contributed by atoms with van der Waals surface area (Å²) in [6, 6.07) is 0.313. The molecule has 2 atom stereocenters. The van der Waals surface area contributed by atoms with Crippen LogP contribution in [0.2, 0.25) is 0 Å². The maximum Gasteiger partial charge on any atom is 0.235 e. The van der Waals surface area contributed by atoms with Crippen molar-refractivity contribution in [1.29, 1.82) is 0 Å². The fraction of sp³-hybridized carbons (Fsp3) is 0.857. The number of hydrogen-bond donors (Lipinski definition) is 1. The first kappa shape index (κ1) is 13.8. The SMILES string of the molecule is CC1CC(C(=O)N2CCCC(C)C2C)(C(N)=S)C1. The van der Waals surface area contributed by atoms with Gasteiger partial charge in [-0.2, -0.15) is 0 Å². The first-order chi connectivity index (χ1) is 8.38. The van der Waals surface area contributed by atoms with Gasteiger partial charge in [-0.1, -0.05) is 26.1 Å². The summed E-state index contributed by atoms with van der Waals surface area (Å²) in [7, 11) is 0. The highest BCUT2D eigenvalue weighted by atomic mass is 32.1. The highest BCUT2D eigenvalue weighted by molar-refractivity contribution is 7.80. The minimum atomic E-state index is -0.528. The Balaban J connectivity index is 2.17. The fourth-order valence-electron chi connectivity index (χ4n) is 3.51. The van der Waals surface area contributed by atoms with Gasteiger partial charge in [0.15, 0.2) is 0 Å². The Morgan fingerprint density at radius 1 is 1.33 bits per heavy atom. The number of nitrogens with two attached hydrogens (primary N) is 1. The topological polar surface area (TPSA) is 46.3 Å². The lowest BCUT2D eigenvalue weighted by molar-refractivity contribution is -0.148. The highest BCUT2D eigenvalue weighted by Crippen LogP contribution is 2.48. The summed E-state index contributed by atoms with van der Waals surface area (Å²) in [6.45, 7) is 7.40. The summed E-state index contributed by atoms with van der Waals surface area (Å²) in [5, 5.41) is 0. The number of piperidine rings is 1. The molecular weight excluding hydrogens is 244 g/mol. The molecule has 1 aliphatic carbocycles. The number of thiocarbonyl (C=S) groups is 1. The van der Waals surface area contributed by atoms with Crippen molar-refractivity contribution in [1.82, 2.24) is 4.90 Å². The number of likely N-dealkylation sites (tertiary alicyclic amines) is 1. The first-order valence-electron chi connectivity index (χ1n) is 6.99. The van der Waals surface area contributed by atoms with Crippen LogP contribution in [0.3, 0.4) is 0 Å². The number of carbonyl (C=O) groups is 1. The van der Waals surface area contributed by atoms with Gasteiger partial charge in [-0.15, -0.1) is 0 Å². The molecule has 1 heterocycles. The van der Waals surface area contributed by atoms with Crippen molar-refractivity contribution in [2.24, 2.45) is 23.0 Å². The molecule has 102 valence electrons. The van der Waals surface area contributed by atoms with Gasteiger partial charge in [0.2, 0.25) is 5.91 Å². The summed E-state index contributed by atoms with van der Waals surface area (Å²) >= 11 is 5.18. The lowest BCUT2D eigenvalue weighted by Gasteiger charge is -2.49. The van der Waals surface area contributed by atoms with Crippen LogP contribution in [0.5, 0.6) is 0 Å². The smallest absolute Gasteiger partial charge is 0.235 e. The van der Waals surface area contributed by atoms with Crippen LogP contribution in [0.25, 0.3) is 0 Å². The van der Waals surface area contributed by atoms with Crippen LogP contribution in [0.1, 0.15) is 46.5 Å². The molecule has 0 bridgehead atoms. The molecule has 0 spiro atoms. The van der Waals surface area contributed by atoms with Gasteiger partial charge in [-0.05, 0) is 44.4 Å². The molecule has 1 aliphatic heterocycles. The Morgan fingerprint density at radius 2 is 1.94 bits per heavy atom. The van der Waals surface area contributed by atoms with E-state index in [1.807, 2.05) is 4.90 Å². The zero-order valence-electron chi connectivity index (χ0n) is 11.6. The van der Waals surface area contributed by atoms with Gasteiger partial charge in [-0.25, -0.2) is 0 Å². The minimum absolute atomic E-state index is 0.187. The molecule has 0 aromatic heterocycles. The van der Waals surface area contributed by atoms with E-state index in [-0.39, 0.29) is 5.91 Å². The fourth-order valence-corrected chi connectivity index (χ4v) is 3.76. The van der Waals surface area contributed by atoms with E-state index in [4.69, 9.17) is 18.0 Å². The van der Waals surface area contributed by atoms with Crippen molar-refractivity contribution in [3.8, 4) is 0 Å². The van der Waals surface area contributed by atoms with Gasteiger partial charge in [0.25, 0.3) is 0 Å². The van der Waals surface area contributed by atoms with E-state index in [0.29, 0.717) is 22.9 Å². The molecule has 1 saturated heterocycles. The van der Waals surface area contributed by atoms with Crippen LogP contribution in [-0.2, 0) is 4.79 Å². The molecule has 3 nitrogen and oxygen atoms in total. The third-order valence-electron chi connectivity index (χ3n) is 4.91. The molecule has 2 aliphatic rings. The van der Waals surface area contributed by atoms with Crippen LogP contribution in [-0.4, -0.2) is 28.4 Å². The van der Waals surface area contributed by atoms with Gasteiger partial charge in [-0.3, -0.25) is 4.79 Å². The minimum Gasteiger partial charge on any atom is -0.392 e. The molecule has 2 unspecified atom stereocenters. The Bertz CT molecular complexity index is 363. The second-order valence-corrected chi connectivity index (χ2v) is 6.76. The van der Waals surface area contributed by atoms with Crippen LogP contribution < -0.4 is 5.73 Å². The predicted octanol–water partition coefficient (Wildman–Crippen LogP) is 2.34. The average molecular weight is 268 g/mol. The van der Waals surface area contributed by atoms with Crippen molar-refractivity contribution in [3.05, 3.63) is 0 Å². The van der Waals surface area contributed by atoms with Crippen LogP contribution in [0.15, 0.2) is 0 Å². The van der Waals surface area contributed by atoms with Crippen molar-refractivity contribution in [3.63, 3.8) is 0 Å². The van der Waals surface area contributed by atoms with Gasteiger partial charge >= 0.3 is 0 Å². The monoisotopic (exact) mass is 268 g/mol. The average Bonchev–Trinajstić information content (AvgIpc) is 2.27. The molecule has 2 N–H and O–H groups in total. The van der Waals surface area contributed by atoms with Gasteiger partial charge in [0.1, 0.15) is 0 Å². The van der Waals surface area contributed by atoms with Crippen molar-refractivity contribution < 1.29 is 4.79 Å². The zero-order valence-corrected chi connectivity index (χ0v) is 12.4.